The van der Waals surface area contributed by atoms with Gasteiger partial charge < -0.3 is 5.11 Å². The molecule has 0 bridgehead atoms. The minimum Gasteiger partial charge on any atom is -0.507 e. The van der Waals surface area contributed by atoms with E-state index in [0.717, 1.165) is 11.1 Å². The number of rotatable bonds is 2. The molecule has 3 heteroatoms. The lowest BCUT2D eigenvalue weighted by molar-refractivity contribution is -0.106. The van der Waals surface area contributed by atoms with E-state index in [4.69, 9.17) is 11.6 Å². The average Bonchev–Trinajstić information content (AvgIpc) is 2.24. The number of aromatic hydroxyl groups is 1. The summed E-state index contributed by atoms with van der Waals surface area (Å²) in [5.74, 6) is 0.281. The van der Waals surface area contributed by atoms with E-state index in [1.807, 2.05) is 41.5 Å². The minimum absolute atomic E-state index is 0.240. The second-order valence-electron chi connectivity index (χ2n) is 7.17. The Morgan fingerprint density at radius 2 is 1.40 bits per heavy atom. The molecule has 1 aromatic carbocycles. The molecule has 0 aromatic heterocycles. The van der Waals surface area contributed by atoms with Crippen molar-refractivity contribution in [3.05, 3.63) is 35.4 Å². The molecule has 1 N–H and O–H groups in total. The maximum Gasteiger partial charge on any atom is 0.252 e. The number of phenols is 1. The van der Waals surface area contributed by atoms with E-state index in [9.17, 15) is 9.90 Å². The van der Waals surface area contributed by atoms with Crippen molar-refractivity contribution < 1.29 is 9.90 Å². The molecule has 2 nitrogen and oxygen atoms in total. The van der Waals surface area contributed by atoms with Crippen LogP contribution in [0.5, 0.6) is 5.75 Å². The Morgan fingerprint density at radius 3 is 1.65 bits per heavy atom. The number of hydrogen-bond acceptors (Lipinski definition) is 2. The highest BCUT2D eigenvalue weighted by atomic mass is 35.5. The molecule has 0 atom stereocenters. The van der Waals surface area contributed by atoms with Crippen molar-refractivity contribution in [2.45, 2.75) is 52.4 Å². The summed E-state index contributed by atoms with van der Waals surface area (Å²) in [5.41, 5.74) is 2.02. The lowest BCUT2D eigenvalue weighted by atomic mass is 9.78. The Bertz CT molecular complexity index is 522. The highest BCUT2D eigenvalue weighted by molar-refractivity contribution is 6.74. The molecule has 0 saturated carbocycles. The molecule has 0 aliphatic carbocycles. The predicted molar refractivity (Wildman–Crippen MR) is 85.4 cm³/mol. The van der Waals surface area contributed by atoms with Crippen molar-refractivity contribution in [3.8, 4) is 5.75 Å². The zero-order valence-electron chi connectivity index (χ0n) is 13.1. The molecule has 0 aliphatic heterocycles. The van der Waals surface area contributed by atoms with E-state index < -0.39 is 5.24 Å². The number of halogens is 1. The van der Waals surface area contributed by atoms with Gasteiger partial charge in [-0.05, 0) is 40.1 Å². The van der Waals surface area contributed by atoms with Crippen LogP contribution in [0.2, 0.25) is 0 Å². The summed E-state index contributed by atoms with van der Waals surface area (Å²) in [6.45, 7) is 15.8. The minimum atomic E-state index is -0.574. The van der Waals surface area contributed by atoms with Crippen molar-refractivity contribution in [1.82, 2.24) is 0 Å². The highest BCUT2D eigenvalue weighted by Crippen LogP contribution is 2.40. The van der Waals surface area contributed by atoms with E-state index in [1.165, 1.54) is 0 Å². The van der Waals surface area contributed by atoms with E-state index in [1.54, 1.807) is 12.1 Å². The number of phenolic OH excluding ortho intramolecular Hbond substituents is 1. The zero-order valence-corrected chi connectivity index (χ0v) is 13.9. The number of hydrogen-bond donors (Lipinski definition) is 1. The fraction of sp³-hybridized carbons (Fsp3) is 0.471. The van der Waals surface area contributed by atoms with Crippen LogP contribution in [0.3, 0.4) is 0 Å². The number of carbonyl (C=O) groups excluding carboxylic acids is 1. The standard InChI is InChI=1S/C17H23ClO2/c1-10(15(18)20)11-8-12(16(2,3)4)14(19)13(9-11)17(5,6)7/h8-9,19H,1H2,2-7H3. The first kappa shape index (κ1) is 16.8. The second-order valence-corrected chi connectivity index (χ2v) is 7.52. The molecular formula is C17H23ClO2. The molecule has 0 aliphatic rings. The summed E-state index contributed by atoms with van der Waals surface area (Å²) in [6.07, 6.45) is 0. The van der Waals surface area contributed by atoms with Crippen LogP contribution in [0.15, 0.2) is 18.7 Å². The van der Waals surface area contributed by atoms with Gasteiger partial charge in [-0.25, -0.2) is 0 Å². The van der Waals surface area contributed by atoms with Crippen molar-refractivity contribution in [2.24, 2.45) is 0 Å². The van der Waals surface area contributed by atoms with Gasteiger partial charge in [-0.3, -0.25) is 4.79 Å². The molecule has 0 unspecified atom stereocenters. The first-order valence-electron chi connectivity index (χ1n) is 6.62. The van der Waals surface area contributed by atoms with Crippen molar-refractivity contribution in [1.29, 1.82) is 0 Å². The Balaban J connectivity index is 3.67. The average molecular weight is 295 g/mol. The van der Waals surface area contributed by atoms with Gasteiger partial charge in [0.05, 0.1) is 0 Å². The van der Waals surface area contributed by atoms with E-state index >= 15 is 0 Å². The molecule has 0 spiro atoms. The Kier molecular flexibility index (Phi) is 4.40. The SMILES string of the molecule is C=C(C(=O)Cl)c1cc(C(C)(C)C)c(O)c(C(C)(C)C)c1. The largest absolute Gasteiger partial charge is 0.507 e. The van der Waals surface area contributed by atoms with Gasteiger partial charge in [0.1, 0.15) is 5.75 Å². The van der Waals surface area contributed by atoms with Crippen LogP contribution in [0.4, 0.5) is 0 Å². The van der Waals surface area contributed by atoms with Crippen LogP contribution in [-0.4, -0.2) is 10.3 Å². The van der Waals surface area contributed by atoms with Crippen LogP contribution in [0.25, 0.3) is 5.57 Å². The summed E-state index contributed by atoms with van der Waals surface area (Å²) in [4.78, 5) is 11.4. The maximum atomic E-state index is 11.4. The van der Waals surface area contributed by atoms with Gasteiger partial charge in [0.15, 0.2) is 0 Å². The molecule has 0 amide bonds. The van der Waals surface area contributed by atoms with Crippen LogP contribution < -0.4 is 0 Å². The van der Waals surface area contributed by atoms with Gasteiger partial charge in [-0.15, -0.1) is 0 Å². The first-order valence-corrected chi connectivity index (χ1v) is 7.00. The Hall–Kier alpha value is -1.28. The molecule has 0 radical (unpaired) electrons. The quantitative estimate of drug-likeness (QED) is 0.630. The van der Waals surface area contributed by atoms with Crippen molar-refractivity contribution in [2.75, 3.05) is 0 Å². The van der Waals surface area contributed by atoms with Gasteiger partial charge in [0, 0.05) is 16.7 Å². The summed E-state index contributed by atoms with van der Waals surface area (Å²) < 4.78 is 0. The van der Waals surface area contributed by atoms with Crippen molar-refractivity contribution in [3.63, 3.8) is 0 Å². The lowest BCUT2D eigenvalue weighted by Crippen LogP contribution is -2.18. The fourth-order valence-corrected chi connectivity index (χ4v) is 2.17. The summed E-state index contributed by atoms with van der Waals surface area (Å²) >= 11 is 5.53. The van der Waals surface area contributed by atoms with E-state index in [0.29, 0.717) is 5.56 Å². The van der Waals surface area contributed by atoms with Crippen LogP contribution >= 0.6 is 11.6 Å². The monoisotopic (exact) mass is 294 g/mol. The van der Waals surface area contributed by atoms with E-state index in [-0.39, 0.29) is 22.2 Å². The van der Waals surface area contributed by atoms with Crippen molar-refractivity contribution >= 4 is 22.4 Å². The first-order chi connectivity index (χ1) is 8.85. The summed E-state index contributed by atoms with van der Waals surface area (Å²) in [7, 11) is 0. The molecular weight excluding hydrogens is 272 g/mol. The normalized spacial score (nSPS) is 12.3. The lowest BCUT2D eigenvalue weighted by Gasteiger charge is -2.28. The Labute approximate surface area is 126 Å². The predicted octanol–water partition coefficient (Wildman–Crippen LogP) is 4.77. The third kappa shape index (κ3) is 3.43. The molecule has 0 saturated heterocycles. The summed E-state index contributed by atoms with van der Waals surface area (Å²) in [6, 6.07) is 3.60. The molecule has 20 heavy (non-hydrogen) atoms. The third-order valence-corrected chi connectivity index (χ3v) is 3.54. The molecule has 1 aromatic rings. The second kappa shape index (κ2) is 5.25. The van der Waals surface area contributed by atoms with Crippen LogP contribution in [-0.2, 0) is 15.6 Å². The maximum absolute atomic E-state index is 11.4. The van der Waals surface area contributed by atoms with Crippen LogP contribution in [0.1, 0.15) is 58.2 Å². The summed E-state index contributed by atoms with van der Waals surface area (Å²) in [5, 5.41) is 9.98. The molecule has 110 valence electrons. The van der Waals surface area contributed by atoms with Gasteiger partial charge in [-0.1, -0.05) is 48.1 Å². The number of carbonyl (C=O) groups is 1. The van der Waals surface area contributed by atoms with Gasteiger partial charge in [-0.2, -0.15) is 0 Å². The van der Waals surface area contributed by atoms with Crippen LogP contribution in [0, 0.1) is 0 Å². The zero-order chi connectivity index (χ0) is 15.9. The van der Waals surface area contributed by atoms with Gasteiger partial charge in [0.25, 0.3) is 5.24 Å². The smallest absolute Gasteiger partial charge is 0.252 e. The third-order valence-electron chi connectivity index (χ3n) is 3.31. The molecule has 0 heterocycles. The van der Waals surface area contributed by atoms with Gasteiger partial charge >= 0.3 is 0 Å². The topological polar surface area (TPSA) is 37.3 Å². The van der Waals surface area contributed by atoms with Gasteiger partial charge in [0.2, 0.25) is 0 Å². The number of allylic oxidation sites excluding steroid dienone is 1. The molecule has 0 fully saturated rings. The molecule has 1 rings (SSSR count). The highest BCUT2D eigenvalue weighted by Gasteiger charge is 2.27. The van der Waals surface area contributed by atoms with E-state index in [2.05, 4.69) is 6.58 Å². The Morgan fingerprint density at radius 1 is 1.05 bits per heavy atom. The number of benzene rings is 1. The fourth-order valence-electron chi connectivity index (χ4n) is 2.07.